The van der Waals surface area contributed by atoms with Crippen LogP contribution in [0.5, 0.6) is 0 Å². The van der Waals surface area contributed by atoms with Gasteiger partial charge in [-0.3, -0.25) is 4.21 Å². The summed E-state index contributed by atoms with van der Waals surface area (Å²) in [6.45, 7) is 0. The number of nitrogens with one attached hydrogen (secondary N) is 1. The molecule has 0 heterocycles. The van der Waals surface area contributed by atoms with Crippen molar-refractivity contribution < 1.29 is 13.0 Å². The predicted molar refractivity (Wildman–Crippen MR) is 21.5 cm³/mol. The molecule has 0 spiro atoms. The summed E-state index contributed by atoms with van der Waals surface area (Å²) in [5.41, 5.74) is 0. The Bertz CT molecular complexity index is 115. The van der Waals surface area contributed by atoms with E-state index in [0.717, 1.165) is 0 Å². The molecule has 38 valence electrons. The zero-order valence-electron chi connectivity index (χ0n) is 2.58. The van der Waals surface area contributed by atoms with E-state index < -0.39 is 19.7 Å². The summed E-state index contributed by atoms with van der Waals surface area (Å²) in [5.74, 6) is 0. The molecule has 0 radical (unpaired) electrons. The Morgan fingerprint density at radius 1 is 1.83 bits per heavy atom. The largest absolute Gasteiger partial charge is 0.430 e. The van der Waals surface area contributed by atoms with Gasteiger partial charge in [0.2, 0.25) is 0 Å². The molecule has 0 aromatic heterocycles. The second-order valence-corrected chi connectivity index (χ2v) is 3.12. The maximum atomic E-state index is 9.37. The summed E-state index contributed by atoms with van der Waals surface area (Å²) in [6.07, 6.45) is 0. The smallest absolute Gasteiger partial charge is 0.101 e. The van der Waals surface area contributed by atoms with Crippen LogP contribution in [0.15, 0.2) is 0 Å². The Labute approximate surface area is 38.3 Å². The molecular weight excluding hydrogens is 126 g/mol. The first-order valence-electron chi connectivity index (χ1n) is 0.887. The van der Waals surface area contributed by atoms with Crippen LogP contribution in [-0.2, 0) is 23.9 Å². The summed E-state index contributed by atoms with van der Waals surface area (Å²) >= 11 is 0. The Hall–Kier alpha value is 0.0600. The molecule has 1 unspecified atom stereocenters. The molecule has 6 heavy (non-hydrogen) atoms. The number of hydrogen-bond acceptors (Lipinski definition) is 4. The molecule has 4 nitrogen and oxygen atoms in total. The molecule has 6 heteroatoms. The minimum atomic E-state index is -2.48. The summed E-state index contributed by atoms with van der Waals surface area (Å²) in [7, 11) is -4.82. The van der Waals surface area contributed by atoms with Crippen LogP contribution < -0.4 is 0 Å². The fourth-order valence-corrected chi connectivity index (χ4v) is 0. The molecule has 0 aliphatic carbocycles. The van der Waals surface area contributed by atoms with Crippen molar-refractivity contribution in [3.05, 3.63) is 0 Å². The lowest BCUT2D eigenvalue weighted by molar-refractivity contribution is 0.569. The molecule has 0 bridgehead atoms. The molecule has 0 saturated carbocycles. The first-order valence-corrected chi connectivity index (χ1v) is 3.66. The van der Waals surface area contributed by atoms with Gasteiger partial charge < -0.3 is 13.5 Å². The van der Waals surface area contributed by atoms with E-state index in [1.807, 2.05) is 0 Å². The standard InChI is InChI=1S/H2NO3S2/c1-5(2)6(3)4/h1H,(H,3,4)/q-1. The van der Waals surface area contributed by atoms with Gasteiger partial charge in [0.1, 0.15) is 10.1 Å². The average molecular weight is 128 g/mol. The highest BCUT2D eigenvalue weighted by atomic mass is 33.1. The fourth-order valence-electron chi connectivity index (χ4n) is 0. The molecule has 0 rings (SSSR count). The van der Waals surface area contributed by atoms with Crippen LogP contribution in [0.4, 0.5) is 0 Å². The van der Waals surface area contributed by atoms with Crippen LogP contribution >= 0.6 is 0 Å². The summed E-state index contributed by atoms with van der Waals surface area (Å²) in [4.78, 5) is 0. The average Bonchev–Trinajstić information content (AvgIpc) is 1.36. The molecule has 0 aromatic rings. The van der Waals surface area contributed by atoms with Gasteiger partial charge >= 0.3 is 0 Å². The van der Waals surface area contributed by atoms with E-state index in [1.165, 1.54) is 0 Å². The van der Waals surface area contributed by atoms with Gasteiger partial charge in [-0.1, -0.05) is 9.63 Å². The quantitative estimate of drug-likeness (QED) is 0.293. The van der Waals surface area contributed by atoms with Crippen molar-refractivity contribution in [2.45, 2.75) is 0 Å². The van der Waals surface area contributed by atoms with Crippen molar-refractivity contribution in [3.8, 4) is 0 Å². The van der Waals surface area contributed by atoms with Gasteiger partial charge in [0.15, 0.2) is 0 Å². The van der Waals surface area contributed by atoms with Crippen LogP contribution in [-0.4, -0.2) is 8.76 Å². The third-order valence-corrected chi connectivity index (χ3v) is 1.17. The summed E-state index contributed by atoms with van der Waals surface area (Å²) in [6, 6.07) is 0. The van der Waals surface area contributed by atoms with Crippen LogP contribution in [0.1, 0.15) is 0 Å². The second kappa shape index (κ2) is 2.27. The molecule has 1 atom stereocenters. The van der Waals surface area contributed by atoms with Gasteiger partial charge in [-0.15, -0.1) is 0 Å². The van der Waals surface area contributed by atoms with E-state index in [-0.39, 0.29) is 0 Å². The van der Waals surface area contributed by atoms with Crippen LogP contribution in [0, 0.1) is 4.78 Å². The van der Waals surface area contributed by atoms with Crippen molar-refractivity contribution in [1.29, 1.82) is 4.78 Å². The van der Waals surface area contributed by atoms with Gasteiger partial charge in [0.05, 0.1) is 0 Å². The molecule has 0 fully saturated rings. The highest BCUT2D eigenvalue weighted by Gasteiger charge is 1.66. The van der Waals surface area contributed by atoms with Gasteiger partial charge in [0.25, 0.3) is 0 Å². The second-order valence-electron chi connectivity index (χ2n) is 0.452. The topological polar surface area (TPSA) is 78.2 Å². The van der Waals surface area contributed by atoms with Gasteiger partial charge in [0, 0.05) is 0 Å². The lowest BCUT2D eigenvalue weighted by atomic mass is 14.0. The highest BCUT2D eigenvalue weighted by molar-refractivity contribution is 8.53. The first kappa shape index (κ1) is 6.06. The van der Waals surface area contributed by atoms with Crippen molar-refractivity contribution in [3.63, 3.8) is 0 Å². The molecule has 0 aliphatic heterocycles. The Morgan fingerprint density at radius 3 is 2.00 bits per heavy atom. The van der Waals surface area contributed by atoms with Gasteiger partial charge in [-0.25, -0.2) is 0 Å². The van der Waals surface area contributed by atoms with E-state index >= 15 is 0 Å². The van der Waals surface area contributed by atoms with E-state index in [0.29, 0.717) is 0 Å². The molecule has 0 aromatic carbocycles. The SMILES string of the molecule is N=[S-](=O)S(=O)O. The summed E-state index contributed by atoms with van der Waals surface area (Å²) < 4.78 is 32.3. The van der Waals surface area contributed by atoms with Crippen LogP contribution in [0.2, 0.25) is 0 Å². The molecule has 0 saturated heterocycles. The molecule has 0 aliphatic rings. The van der Waals surface area contributed by atoms with Gasteiger partial charge in [-0.2, -0.15) is 0 Å². The summed E-state index contributed by atoms with van der Waals surface area (Å²) in [5, 5.41) is 0. The zero-order valence-corrected chi connectivity index (χ0v) is 4.21. The third-order valence-electron chi connectivity index (χ3n) is 0.129. The number of rotatable bonds is 1. The molecular formula is H2NO3S2-. The van der Waals surface area contributed by atoms with Crippen LogP contribution in [0.25, 0.3) is 0 Å². The van der Waals surface area contributed by atoms with Gasteiger partial charge in [-0.05, 0) is 0 Å². The van der Waals surface area contributed by atoms with Crippen molar-refractivity contribution in [1.82, 2.24) is 0 Å². The maximum absolute atomic E-state index is 9.37. The predicted octanol–water partition coefficient (Wildman–Crippen LogP) is -0.151. The maximum Gasteiger partial charge on any atom is 0.101 e. The van der Waals surface area contributed by atoms with Crippen molar-refractivity contribution >= 4 is 19.7 Å². The van der Waals surface area contributed by atoms with Crippen molar-refractivity contribution in [2.75, 3.05) is 0 Å². The fraction of sp³-hybridized carbons (Fsp3) is 0. The van der Waals surface area contributed by atoms with E-state index in [4.69, 9.17) is 9.33 Å². The Morgan fingerprint density at radius 2 is 2.00 bits per heavy atom. The van der Waals surface area contributed by atoms with Crippen molar-refractivity contribution in [2.24, 2.45) is 0 Å². The Balaban J connectivity index is 3.94. The normalized spacial score (nSPS) is 15.0. The van der Waals surface area contributed by atoms with E-state index in [1.54, 1.807) is 0 Å². The highest BCUT2D eigenvalue weighted by Crippen LogP contribution is 1.68. The minimum Gasteiger partial charge on any atom is -0.430 e. The zero-order chi connectivity index (χ0) is 5.15. The monoisotopic (exact) mass is 128 g/mol. The molecule has 2 N–H and O–H groups in total. The van der Waals surface area contributed by atoms with E-state index in [9.17, 15) is 8.42 Å². The Kier molecular flexibility index (Phi) is 2.29. The molecule has 0 amide bonds. The first-order chi connectivity index (χ1) is 2.64. The lowest BCUT2D eigenvalue weighted by Crippen LogP contribution is -1.81. The lowest BCUT2D eigenvalue weighted by Gasteiger charge is -1.83. The third kappa shape index (κ3) is 2.31. The van der Waals surface area contributed by atoms with E-state index in [2.05, 4.69) is 0 Å². The van der Waals surface area contributed by atoms with Crippen LogP contribution in [0.3, 0.4) is 0 Å². The minimum absolute atomic E-state index is 2.34. The number of hydrogen-bond donors (Lipinski definition) is 2.